The molecule has 9 heteroatoms. The number of rotatable bonds is 7. The minimum Gasteiger partial charge on any atom is -0.437 e. The van der Waals surface area contributed by atoms with Gasteiger partial charge in [0.25, 0.3) is 0 Å². The van der Waals surface area contributed by atoms with Crippen LogP contribution in [0, 0.1) is 0 Å². The smallest absolute Gasteiger partial charge is 0.230 e. The van der Waals surface area contributed by atoms with E-state index in [0.717, 1.165) is 5.69 Å². The lowest BCUT2D eigenvalue weighted by Gasteiger charge is -2.12. The molecule has 0 radical (unpaired) electrons. The summed E-state index contributed by atoms with van der Waals surface area (Å²) < 4.78 is 5.88. The lowest BCUT2D eigenvalue weighted by atomic mass is 10.2. The van der Waals surface area contributed by atoms with Crippen LogP contribution in [0.4, 0.5) is 5.69 Å². The minimum atomic E-state index is 0.276. The second kappa shape index (κ2) is 8.05. The van der Waals surface area contributed by atoms with Gasteiger partial charge < -0.3 is 19.8 Å². The Morgan fingerprint density at radius 2 is 1.65 bits per heavy atom. The first-order valence-corrected chi connectivity index (χ1v) is 7.89. The van der Waals surface area contributed by atoms with Crippen molar-refractivity contribution in [1.82, 2.24) is 9.97 Å². The molecular formula is C17H16ClN3O5. The third-order valence-corrected chi connectivity index (χ3v) is 3.73. The van der Waals surface area contributed by atoms with Crippen LogP contribution in [0.2, 0.25) is 5.02 Å². The predicted molar refractivity (Wildman–Crippen MR) is 95.9 cm³/mol. The fourth-order valence-electron chi connectivity index (χ4n) is 2.27. The van der Waals surface area contributed by atoms with Crippen LogP contribution in [0.3, 0.4) is 0 Å². The van der Waals surface area contributed by atoms with Crippen LogP contribution in [0.15, 0.2) is 36.7 Å². The molecular weight excluding hydrogens is 362 g/mol. The highest BCUT2D eigenvalue weighted by molar-refractivity contribution is 6.32. The topological polar surface area (TPSA) is 84.0 Å². The van der Waals surface area contributed by atoms with Crippen molar-refractivity contribution < 1.29 is 24.3 Å². The third kappa shape index (κ3) is 3.72. The summed E-state index contributed by atoms with van der Waals surface area (Å²) in [4.78, 5) is 28.0. The predicted octanol–water partition coefficient (Wildman–Crippen LogP) is 4.00. The zero-order valence-electron chi connectivity index (χ0n) is 14.3. The molecule has 3 aromatic rings. The van der Waals surface area contributed by atoms with Crippen LogP contribution in [0.1, 0.15) is 0 Å². The molecule has 0 saturated heterocycles. The third-order valence-electron chi connectivity index (χ3n) is 3.44. The summed E-state index contributed by atoms with van der Waals surface area (Å²) in [6, 6.07) is 8.59. The van der Waals surface area contributed by atoms with Gasteiger partial charge in [0.1, 0.15) is 12.1 Å². The summed E-state index contributed by atoms with van der Waals surface area (Å²) in [5.74, 6) is 1.33. The number of aromatic nitrogens is 2. The van der Waals surface area contributed by atoms with Crippen molar-refractivity contribution in [1.29, 1.82) is 0 Å². The molecule has 1 heterocycles. The second-order valence-electron chi connectivity index (χ2n) is 4.99. The first-order valence-electron chi connectivity index (χ1n) is 7.51. The summed E-state index contributed by atoms with van der Waals surface area (Å²) in [7, 11) is 4.57. The van der Waals surface area contributed by atoms with Gasteiger partial charge in [0, 0.05) is 24.9 Å². The molecule has 1 aromatic heterocycles. The molecule has 0 spiro atoms. The first-order chi connectivity index (χ1) is 12.7. The minimum absolute atomic E-state index is 0.276. The number of nitrogens with one attached hydrogen (secondary N) is 1. The van der Waals surface area contributed by atoms with E-state index in [-0.39, 0.29) is 5.75 Å². The lowest BCUT2D eigenvalue weighted by Crippen LogP contribution is -1.99. The number of ether oxygens (including phenoxy) is 1. The van der Waals surface area contributed by atoms with E-state index in [9.17, 15) is 0 Å². The van der Waals surface area contributed by atoms with E-state index in [1.54, 1.807) is 31.3 Å². The summed E-state index contributed by atoms with van der Waals surface area (Å²) in [6.45, 7) is 0. The van der Waals surface area contributed by atoms with Gasteiger partial charge in [0.05, 0.1) is 30.1 Å². The highest BCUT2D eigenvalue weighted by Gasteiger charge is 2.16. The number of fused-ring (bicyclic) bond motifs is 1. The number of hydrogen-bond acceptors (Lipinski definition) is 8. The second-order valence-corrected chi connectivity index (χ2v) is 5.40. The maximum absolute atomic E-state index is 6.27. The number of hydrogen-bond donors (Lipinski definition) is 1. The van der Waals surface area contributed by atoms with Gasteiger partial charge in [-0.15, -0.1) is 0 Å². The summed E-state index contributed by atoms with van der Waals surface area (Å²) >= 11 is 6.27. The molecule has 0 bridgehead atoms. The average Bonchev–Trinajstić information content (AvgIpc) is 2.64. The van der Waals surface area contributed by atoms with Crippen LogP contribution in [-0.4, -0.2) is 31.2 Å². The number of nitrogens with zero attached hydrogens (tertiary/aromatic N) is 2. The zero-order valence-corrected chi connectivity index (χ0v) is 15.0. The van der Waals surface area contributed by atoms with Crippen LogP contribution >= 0.6 is 11.6 Å². The van der Waals surface area contributed by atoms with Gasteiger partial charge in [-0.3, -0.25) is 0 Å². The molecule has 0 saturated carbocycles. The molecule has 136 valence electrons. The molecule has 0 fully saturated rings. The van der Waals surface area contributed by atoms with Crippen molar-refractivity contribution >= 4 is 28.2 Å². The van der Waals surface area contributed by atoms with Crippen molar-refractivity contribution in [2.24, 2.45) is 0 Å². The van der Waals surface area contributed by atoms with Crippen molar-refractivity contribution in [3.8, 4) is 23.1 Å². The number of halogens is 1. The molecule has 0 atom stereocenters. The molecule has 0 aliphatic heterocycles. The number of benzene rings is 2. The SMILES string of the molecule is CNc1ccc(Oc2ncnc3cc(OOC)c(OOC)cc23)c(Cl)c1. The Morgan fingerprint density at radius 1 is 0.923 bits per heavy atom. The molecule has 0 unspecified atom stereocenters. The highest BCUT2D eigenvalue weighted by atomic mass is 35.5. The van der Waals surface area contributed by atoms with E-state index in [1.807, 2.05) is 6.07 Å². The van der Waals surface area contributed by atoms with E-state index in [1.165, 1.54) is 20.5 Å². The van der Waals surface area contributed by atoms with E-state index in [0.29, 0.717) is 33.3 Å². The van der Waals surface area contributed by atoms with E-state index in [4.69, 9.17) is 35.9 Å². The average molecular weight is 378 g/mol. The van der Waals surface area contributed by atoms with Crippen molar-refractivity contribution in [2.75, 3.05) is 26.6 Å². The first kappa shape index (κ1) is 18.0. The molecule has 3 rings (SSSR count). The van der Waals surface area contributed by atoms with Crippen LogP contribution in [0.25, 0.3) is 10.9 Å². The molecule has 0 aliphatic rings. The maximum Gasteiger partial charge on any atom is 0.230 e. The molecule has 26 heavy (non-hydrogen) atoms. The van der Waals surface area contributed by atoms with E-state index in [2.05, 4.69) is 15.3 Å². The monoisotopic (exact) mass is 377 g/mol. The van der Waals surface area contributed by atoms with Crippen LogP contribution in [-0.2, 0) is 9.78 Å². The van der Waals surface area contributed by atoms with Gasteiger partial charge in [0.15, 0.2) is 0 Å². The standard InChI is InChI=1S/C17H16ClN3O5/c1-19-10-4-5-14(12(18)6-10)24-17-11-7-15(25-22-2)16(26-23-3)8-13(11)20-9-21-17/h4-9,19H,1-3H3. The molecule has 0 amide bonds. The fourth-order valence-corrected chi connectivity index (χ4v) is 2.49. The summed E-state index contributed by atoms with van der Waals surface area (Å²) in [5, 5.41) is 4.03. The van der Waals surface area contributed by atoms with Crippen LogP contribution in [0.5, 0.6) is 23.1 Å². The Kier molecular flexibility index (Phi) is 5.57. The Labute approximate surface area is 154 Å². The molecule has 1 N–H and O–H groups in total. The highest BCUT2D eigenvalue weighted by Crippen LogP contribution is 2.38. The Balaban J connectivity index is 2.04. The van der Waals surface area contributed by atoms with Gasteiger partial charge >= 0.3 is 0 Å². The van der Waals surface area contributed by atoms with Crippen molar-refractivity contribution in [3.05, 3.63) is 41.7 Å². The van der Waals surface area contributed by atoms with E-state index < -0.39 is 0 Å². The lowest BCUT2D eigenvalue weighted by molar-refractivity contribution is -0.201. The van der Waals surface area contributed by atoms with E-state index >= 15 is 0 Å². The van der Waals surface area contributed by atoms with Crippen molar-refractivity contribution in [3.63, 3.8) is 0 Å². The van der Waals surface area contributed by atoms with Gasteiger partial charge in [-0.05, 0) is 18.2 Å². The van der Waals surface area contributed by atoms with Gasteiger partial charge in [0.2, 0.25) is 17.4 Å². The Bertz CT molecular complexity index is 922. The van der Waals surface area contributed by atoms with Crippen molar-refractivity contribution in [2.45, 2.75) is 0 Å². The largest absolute Gasteiger partial charge is 0.437 e. The van der Waals surface area contributed by atoms with Gasteiger partial charge in [-0.25, -0.2) is 9.97 Å². The molecule has 2 aromatic carbocycles. The summed E-state index contributed by atoms with van der Waals surface area (Å²) in [6.07, 6.45) is 1.38. The quantitative estimate of drug-likeness (QED) is 0.488. The number of anilines is 1. The maximum atomic E-state index is 6.27. The van der Waals surface area contributed by atoms with Gasteiger partial charge in [-0.1, -0.05) is 11.6 Å². The van der Waals surface area contributed by atoms with Gasteiger partial charge in [-0.2, -0.15) is 9.78 Å². The molecule has 0 aliphatic carbocycles. The normalized spacial score (nSPS) is 10.6. The molecule has 8 nitrogen and oxygen atoms in total. The Morgan fingerprint density at radius 3 is 2.31 bits per heavy atom. The fraction of sp³-hybridized carbons (Fsp3) is 0.176. The summed E-state index contributed by atoms with van der Waals surface area (Å²) in [5.41, 5.74) is 1.43. The zero-order chi connectivity index (χ0) is 18.5. The van der Waals surface area contributed by atoms with Crippen LogP contribution < -0.4 is 19.8 Å². The Hall–Kier alpha value is -2.81.